The Morgan fingerprint density at radius 2 is 2.06 bits per heavy atom. The lowest BCUT2D eigenvalue weighted by molar-refractivity contribution is 0.476. The maximum atomic E-state index is 6.01. The summed E-state index contributed by atoms with van der Waals surface area (Å²) in [5, 5.41) is 8.63. The van der Waals surface area contributed by atoms with Gasteiger partial charge < -0.3 is 10.6 Å². The van der Waals surface area contributed by atoms with Crippen molar-refractivity contribution in [2.45, 2.75) is 44.7 Å². The van der Waals surface area contributed by atoms with Crippen molar-refractivity contribution in [1.82, 2.24) is 14.8 Å². The minimum Gasteiger partial charge on any atom is -0.339 e. The Balaban J connectivity index is 1.85. The van der Waals surface area contributed by atoms with E-state index in [0.717, 1.165) is 44.2 Å². The van der Waals surface area contributed by atoms with E-state index in [1.165, 1.54) is 19.3 Å². The van der Waals surface area contributed by atoms with Crippen LogP contribution in [0.15, 0.2) is 0 Å². The molecule has 0 aliphatic carbocycles. The van der Waals surface area contributed by atoms with Gasteiger partial charge in [0.15, 0.2) is 0 Å². The molecule has 5 nitrogen and oxygen atoms in total. The van der Waals surface area contributed by atoms with E-state index in [1.807, 2.05) is 0 Å². The molecular weight excluding hydrogens is 202 g/mol. The molecule has 88 valence electrons. The van der Waals surface area contributed by atoms with Gasteiger partial charge in [-0.1, -0.05) is 0 Å². The van der Waals surface area contributed by atoms with Gasteiger partial charge in [0, 0.05) is 32.1 Å². The predicted octanol–water partition coefficient (Wildman–Crippen LogP) is 0.542. The molecule has 0 amide bonds. The summed E-state index contributed by atoms with van der Waals surface area (Å²) in [6.07, 6.45) is 5.88. The first-order chi connectivity index (χ1) is 7.84. The molecule has 5 heteroatoms. The molecule has 2 N–H and O–H groups in total. The first-order valence-corrected chi connectivity index (χ1v) is 6.27. The summed E-state index contributed by atoms with van der Waals surface area (Å²) in [6, 6.07) is 0.297. The fourth-order valence-corrected chi connectivity index (χ4v) is 2.72. The number of rotatable bonds is 1. The molecule has 1 fully saturated rings. The number of anilines is 1. The fourth-order valence-electron chi connectivity index (χ4n) is 2.72. The lowest BCUT2D eigenvalue weighted by Gasteiger charge is -2.32. The summed E-state index contributed by atoms with van der Waals surface area (Å²) in [6.45, 7) is 3.08. The van der Waals surface area contributed by atoms with Crippen LogP contribution in [0.3, 0.4) is 0 Å². The highest BCUT2D eigenvalue weighted by Crippen LogP contribution is 2.22. The largest absolute Gasteiger partial charge is 0.339 e. The number of aryl methyl sites for hydroxylation is 1. The van der Waals surface area contributed by atoms with Crippen molar-refractivity contribution in [3.05, 3.63) is 5.82 Å². The van der Waals surface area contributed by atoms with Crippen molar-refractivity contribution in [3.8, 4) is 0 Å². The molecule has 0 unspecified atom stereocenters. The van der Waals surface area contributed by atoms with E-state index < -0.39 is 0 Å². The second kappa shape index (κ2) is 4.05. The van der Waals surface area contributed by atoms with Gasteiger partial charge in [0.1, 0.15) is 5.82 Å². The molecule has 1 aromatic heterocycles. The van der Waals surface area contributed by atoms with Gasteiger partial charge in [-0.3, -0.25) is 4.57 Å². The Hall–Kier alpha value is -1.10. The second-order valence-corrected chi connectivity index (χ2v) is 4.87. The van der Waals surface area contributed by atoms with E-state index in [0.29, 0.717) is 6.04 Å². The average molecular weight is 221 g/mol. The highest BCUT2D eigenvalue weighted by Gasteiger charge is 2.24. The van der Waals surface area contributed by atoms with Crippen LogP contribution in [0.2, 0.25) is 0 Å². The number of piperidine rings is 1. The van der Waals surface area contributed by atoms with Gasteiger partial charge in [0.05, 0.1) is 0 Å². The highest BCUT2D eigenvalue weighted by molar-refractivity contribution is 5.32. The van der Waals surface area contributed by atoms with Crippen molar-refractivity contribution in [2.24, 2.45) is 5.73 Å². The highest BCUT2D eigenvalue weighted by atomic mass is 15.4. The smallest absolute Gasteiger partial charge is 0.227 e. The lowest BCUT2D eigenvalue weighted by Crippen LogP contribution is -2.44. The first kappa shape index (κ1) is 10.1. The summed E-state index contributed by atoms with van der Waals surface area (Å²) in [4.78, 5) is 2.30. The molecule has 1 saturated heterocycles. The van der Waals surface area contributed by atoms with Gasteiger partial charge in [0.2, 0.25) is 5.95 Å². The SMILES string of the molecule is N[C@@H]1CCCN(c2nnc3n2CCCC3)C1. The zero-order valence-electron chi connectivity index (χ0n) is 9.60. The summed E-state index contributed by atoms with van der Waals surface area (Å²) in [7, 11) is 0. The average Bonchev–Trinajstić information content (AvgIpc) is 2.72. The van der Waals surface area contributed by atoms with Crippen LogP contribution in [0, 0.1) is 0 Å². The molecule has 1 atom stereocenters. The molecule has 0 bridgehead atoms. The third kappa shape index (κ3) is 1.69. The van der Waals surface area contributed by atoms with Gasteiger partial charge in [-0.2, -0.15) is 0 Å². The van der Waals surface area contributed by atoms with Crippen molar-refractivity contribution in [3.63, 3.8) is 0 Å². The van der Waals surface area contributed by atoms with Gasteiger partial charge in [-0.15, -0.1) is 10.2 Å². The molecule has 0 radical (unpaired) electrons. The maximum absolute atomic E-state index is 6.01. The number of fused-ring (bicyclic) bond motifs is 1. The van der Waals surface area contributed by atoms with Gasteiger partial charge in [-0.25, -0.2) is 0 Å². The van der Waals surface area contributed by atoms with Crippen LogP contribution in [-0.4, -0.2) is 33.9 Å². The summed E-state index contributed by atoms with van der Waals surface area (Å²) >= 11 is 0. The van der Waals surface area contributed by atoms with E-state index in [4.69, 9.17) is 5.73 Å². The van der Waals surface area contributed by atoms with Crippen LogP contribution in [0.4, 0.5) is 5.95 Å². The fraction of sp³-hybridized carbons (Fsp3) is 0.818. The maximum Gasteiger partial charge on any atom is 0.227 e. The van der Waals surface area contributed by atoms with Crippen LogP contribution >= 0.6 is 0 Å². The summed E-state index contributed by atoms with van der Waals surface area (Å²) in [5.74, 6) is 2.20. The molecule has 16 heavy (non-hydrogen) atoms. The topological polar surface area (TPSA) is 60.0 Å². The van der Waals surface area contributed by atoms with E-state index in [1.54, 1.807) is 0 Å². The Kier molecular flexibility index (Phi) is 2.55. The van der Waals surface area contributed by atoms with Gasteiger partial charge in [0.25, 0.3) is 0 Å². The van der Waals surface area contributed by atoms with Gasteiger partial charge in [-0.05, 0) is 25.7 Å². The third-order valence-electron chi connectivity index (χ3n) is 3.58. The molecule has 2 aliphatic heterocycles. The van der Waals surface area contributed by atoms with Crippen molar-refractivity contribution in [1.29, 1.82) is 0 Å². The normalized spacial score (nSPS) is 25.6. The lowest BCUT2D eigenvalue weighted by atomic mass is 10.1. The van der Waals surface area contributed by atoms with Crippen LogP contribution < -0.4 is 10.6 Å². The molecule has 0 aromatic carbocycles. The monoisotopic (exact) mass is 221 g/mol. The third-order valence-corrected chi connectivity index (χ3v) is 3.58. The van der Waals surface area contributed by atoms with Crippen molar-refractivity contribution in [2.75, 3.05) is 18.0 Å². The Morgan fingerprint density at radius 3 is 2.94 bits per heavy atom. The minimum absolute atomic E-state index is 0.297. The number of nitrogens with two attached hydrogens (primary N) is 1. The first-order valence-electron chi connectivity index (χ1n) is 6.27. The predicted molar refractivity (Wildman–Crippen MR) is 62.4 cm³/mol. The van der Waals surface area contributed by atoms with Crippen molar-refractivity contribution >= 4 is 5.95 Å². The zero-order chi connectivity index (χ0) is 11.0. The summed E-state index contributed by atoms with van der Waals surface area (Å²) in [5.41, 5.74) is 6.01. The molecule has 3 heterocycles. The Bertz CT molecular complexity index is 372. The number of aromatic nitrogens is 3. The van der Waals surface area contributed by atoms with Crippen molar-refractivity contribution < 1.29 is 0 Å². The van der Waals surface area contributed by atoms with E-state index >= 15 is 0 Å². The van der Waals surface area contributed by atoms with E-state index in [-0.39, 0.29) is 0 Å². The quantitative estimate of drug-likeness (QED) is 0.752. The molecule has 2 aliphatic rings. The molecule has 0 saturated carbocycles. The molecule has 1 aromatic rings. The van der Waals surface area contributed by atoms with Crippen LogP contribution in [0.25, 0.3) is 0 Å². The Morgan fingerprint density at radius 1 is 1.12 bits per heavy atom. The molecular formula is C11H19N5. The second-order valence-electron chi connectivity index (χ2n) is 4.87. The van der Waals surface area contributed by atoms with Crippen LogP contribution in [-0.2, 0) is 13.0 Å². The van der Waals surface area contributed by atoms with Gasteiger partial charge >= 0.3 is 0 Å². The van der Waals surface area contributed by atoms with E-state index in [9.17, 15) is 0 Å². The Labute approximate surface area is 95.6 Å². The number of nitrogens with zero attached hydrogens (tertiary/aromatic N) is 4. The molecule has 3 rings (SSSR count). The zero-order valence-corrected chi connectivity index (χ0v) is 9.60. The molecule has 0 spiro atoms. The van der Waals surface area contributed by atoms with Crippen LogP contribution in [0.1, 0.15) is 31.5 Å². The standard InChI is InChI=1S/C11H19N5/c12-9-4-3-6-15(8-9)11-14-13-10-5-1-2-7-16(10)11/h9H,1-8,12H2/t9-/m1/s1. The van der Waals surface area contributed by atoms with Crippen LogP contribution in [0.5, 0.6) is 0 Å². The summed E-state index contributed by atoms with van der Waals surface area (Å²) < 4.78 is 2.28. The number of hydrogen-bond acceptors (Lipinski definition) is 4. The minimum atomic E-state index is 0.297. The van der Waals surface area contributed by atoms with E-state index in [2.05, 4.69) is 19.7 Å². The number of hydrogen-bond donors (Lipinski definition) is 1.